The highest BCUT2D eigenvalue weighted by Crippen LogP contribution is 2.31. The smallest absolute Gasteiger partial charge is 0.259 e. The van der Waals surface area contributed by atoms with E-state index in [1.54, 1.807) is 24.3 Å². The first-order chi connectivity index (χ1) is 9.74. The van der Waals surface area contributed by atoms with Gasteiger partial charge < -0.3 is 15.4 Å². The third kappa shape index (κ3) is 2.42. The number of para-hydroxylation sites is 1. The summed E-state index contributed by atoms with van der Waals surface area (Å²) >= 11 is 0. The van der Waals surface area contributed by atoms with Crippen LogP contribution in [0.15, 0.2) is 42.5 Å². The normalized spacial score (nSPS) is 12.8. The minimum absolute atomic E-state index is 0.323. The number of fused-ring (bicyclic) bond motifs is 1. The van der Waals surface area contributed by atoms with Crippen molar-refractivity contribution in [3.05, 3.63) is 53.8 Å². The van der Waals surface area contributed by atoms with Crippen molar-refractivity contribution in [1.82, 2.24) is 0 Å². The molecule has 0 bridgehead atoms. The van der Waals surface area contributed by atoms with Crippen LogP contribution in [-0.2, 0) is 0 Å². The van der Waals surface area contributed by atoms with Gasteiger partial charge in [-0.15, -0.1) is 0 Å². The SMILES string of the molecule is O=C(Nc1cccc(F)c1)c1cccc2c1OCCN2. The van der Waals surface area contributed by atoms with Gasteiger partial charge >= 0.3 is 0 Å². The number of carbonyl (C=O) groups is 1. The summed E-state index contributed by atoms with van der Waals surface area (Å²) in [6, 6.07) is 11.1. The maximum Gasteiger partial charge on any atom is 0.259 e. The van der Waals surface area contributed by atoms with Gasteiger partial charge in [0.05, 0.1) is 11.3 Å². The standard InChI is InChI=1S/C15H13FN2O2/c16-10-3-1-4-11(9-10)18-15(19)12-5-2-6-13-14(12)20-8-7-17-13/h1-6,9,17H,7-8H2,(H,18,19). The molecule has 2 aromatic rings. The molecule has 0 fully saturated rings. The molecule has 5 heteroatoms. The van der Waals surface area contributed by atoms with Crippen molar-refractivity contribution in [3.63, 3.8) is 0 Å². The molecule has 0 saturated carbocycles. The van der Waals surface area contributed by atoms with Gasteiger partial charge in [0.25, 0.3) is 5.91 Å². The van der Waals surface area contributed by atoms with Gasteiger partial charge in [-0.3, -0.25) is 4.79 Å². The van der Waals surface area contributed by atoms with E-state index in [0.29, 0.717) is 30.2 Å². The molecule has 0 saturated heterocycles. The van der Waals surface area contributed by atoms with E-state index in [0.717, 1.165) is 5.69 Å². The van der Waals surface area contributed by atoms with E-state index >= 15 is 0 Å². The predicted molar refractivity (Wildman–Crippen MR) is 74.8 cm³/mol. The molecule has 102 valence electrons. The van der Waals surface area contributed by atoms with E-state index in [4.69, 9.17) is 4.74 Å². The molecule has 3 rings (SSSR count). The van der Waals surface area contributed by atoms with Gasteiger partial charge in [-0.1, -0.05) is 12.1 Å². The number of halogens is 1. The zero-order chi connectivity index (χ0) is 13.9. The van der Waals surface area contributed by atoms with Crippen molar-refractivity contribution in [2.75, 3.05) is 23.8 Å². The van der Waals surface area contributed by atoms with Crippen molar-refractivity contribution in [3.8, 4) is 5.75 Å². The topological polar surface area (TPSA) is 50.4 Å². The molecule has 4 nitrogen and oxygen atoms in total. The molecule has 2 N–H and O–H groups in total. The van der Waals surface area contributed by atoms with Gasteiger partial charge in [0, 0.05) is 12.2 Å². The number of hydrogen-bond donors (Lipinski definition) is 2. The van der Waals surface area contributed by atoms with Crippen LogP contribution in [0, 0.1) is 5.82 Å². The number of benzene rings is 2. The lowest BCUT2D eigenvalue weighted by Gasteiger charge is -2.21. The van der Waals surface area contributed by atoms with Crippen molar-refractivity contribution in [2.45, 2.75) is 0 Å². The highest BCUT2D eigenvalue weighted by atomic mass is 19.1. The number of nitrogens with one attached hydrogen (secondary N) is 2. The average Bonchev–Trinajstić information content (AvgIpc) is 2.46. The summed E-state index contributed by atoms with van der Waals surface area (Å²) in [5.41, 5.74) is 1.64. The van der Waals surface area contributed by atoms with Crippen LogP contribution in [0.5, 0.6) is 5.75 Å². The monoisotopic (exact) mass is 272 g/mol. The summed E-state index contributed by atoms with van der Waals surface area (Å²) in [7, 11) is 0. The summed E-state index contributed by atoms with van der Waals surface area (Å²) in [6.45, 7) is 1.22. The quantitative estimate of drug-likeness (QED) is 0.883. The van der Waals surface area contributed by atoms with E-state index < -0.39 is 5.82 Å². The van der Waals surface area contributed by atoms with Gasteiger partial charge in [-0.25, -0.2) is 4.39 Å². The molecule has 1 amide bonds. The Labute approximate surface area is 115 Å². The molecular formula is C15H13FN2O2. The summed E-state index contributed by atoms with van der Waals surface area (Å²) in [5.74, 6) is -0.181. The fourth-order valence-electron chi connectivity index (χ4n) is 2.11. The van der Waals surface area contributed by atoms with E-state index in [2.05, 4.69) is 10.6 Å². The molecule has 1 heterocycles. The van der Waals surface area contributed by atoms with Gasteiger partial charge in [-0.05, 0) is 30.3 Å². The Balaban J connectivity index is 1.88. The Morgan fingerprint density at radius 3 is 2.95 bits per heavy atom. The molecular weight excluding hydrogens is 259 g/mol. The van der Waals surface area contributed by atoms with Crippen LogP contribution in [0.2, 0.25) is 0 Å². The van der Waals surface area contributed by atoms with Crippen molar-refractivity contribution >= 4 is 17.3 Å². The summed E-state index contributed by atoms with van der Waals surface area (Å²) < 4.78 is 18.6. The average molecular weight is 272 g/mol. The first kappa shape index (κ1) is 12.5. The van der Waals surface area contributed by atoms with Crippen molar-refractivity contribution < 1.29 is 13.9 Å². The molecule has 0 radical (unpaired) electrons. The first-order valence-electron chi connectivity index (χ1n) is 6.30. The number of carbonyl (C=O) groups excluding carboxylic acids is 1. The molecule has 0 atom stereocenters. The molecule has 2 aromatic carbocycles. The van der Waals surface area contributed by atoms with Crippen LogP contribution in [0.4, 0.5) is 15.8 Å². The molecule has 0 aromatic heterocycles. The molecule has 0 spiro atoms. The Hall–Kier alpha value is -2.56. The zero-order valence-corrected chi connectivity index (χ0v) is 10.7. The van der Waals surface area contributed by atoms with Crippen molar-refractivity contribution in [2.24, 2.45) is 0 Å². The second-order valence-corrected chi connectivity index (χ2v) is 4.42. The lowest BCUT2D eigenvalue weighted by atomic mass is 10.1. The molecule has 20 heavy (non-hydrogen) atoms. The lowest BCUT2D eigenvalue weighted by molar-refractivity contribution is 0.102. The number of hydrogen-bond acceptors (Lipinski definition) is 3. The first-order valence-corrected chi connectivity index (χ1v) is 6.30. The van der Waals surface area contributed by atoms with E-state index in [1.807, 2.05) is 6.07 Å². The maximum atomic E-state index is 13.1. The van der Waals surface area contributed by atoms with Crippen molar-refractivity contribution in [1.29, 1.82) is 0 Å². The van der Waals surface area contributed by atoms with Crippen LogP contribution < -0.4 is 15.4 Å². The van der Waals surface area contributed by atoms with Gasteiger partial charge in [0.15, 0.2) is 5.75 Å². The largest absolute Gasteiger partial charge is 0.489 e. The predicted octanol–water partition coefficient (Wildman–Crippen LogP) is 2.88. The molecule has 0 aliphatic carbocycles. The number of amides is 1. The van der Waals surface area contributed by atoms with Crippen LogP contribution in [-0.4, -0.2) is 19.1 Å². The van der Waals surface area contributed by atoms with E-state index in [-0.39, 0.29) is 5.91 Å². The van der Waals surface area contributed by atoms with Crippen LogP contribution >= 0.6 is 0 Å². The maximum absolute atomic E-state index is 13.1. The second-order valence-electron chi connectivity index (χ2n) is 4.42. The second kappa shape index (κ2) is 5.21. The van der Waals surface area contributed by atoms with Crippen LogP contribution in [0.1, 0.15) is 10.4 Å². The number of anilines is 2. The Morgan fingerprint density at radius 2 is 2.10 bits per heavy atom. The van der Waals surface area contributed by atoms with E-state index in [9.17, 15) is 9.18 Å². The van der Waals surface area contributed by atoms with Gasteiger partial charge in [0.2, 0.25) is 0 Å². The number of ether oxygens (including phenoxy) is 1. The Bertz CT molecular complexity index is 658. The summed E-state index contributed by atoms with van der Waals surface area (Å²) in [6.07, 6.45) is 0. The van der Waals surface area contributed by atoms with Crippen LogP contribution in [0.3, 0.4) is 0 Å². The summed E-state index contributed by atoms with van der Waals surface area (Å²) in [5, 5.41) is 5.83. The summed E-state index contributed by atoms with van der Waals surface area (Å²) in [4.78, 5) is 12.3. The van der Waals surface area contributed by atoms with Crippen LogP contribution in [0.25, 0.3) is 0 Å². The highest BCUT2D eigenvalue weighted by molar-refractivity contribution is 6.07. The Kier molecular flexibility index (Phi) is 3.25. The fourth-order valence-corrected chi connectivity index (χ4v) is 2.11. The molecule has 0 unspecified atom stereocenters. The minimum Gasteiger partial charge on any atom is -0.489 e. The number of rotatable bonds is 2. The van der Waals surface area contributed by atoms with E-state index in [1.165, 1.54) is 12.1 Å². The Morgan fingerprint density at radius 1 is 1.25 bits per heavy atom. The van der Waals surface area contributed by atoms with Gasteiger partial charge in [0.1, 0.15) is 12.4 Å². The highest BCUT2D eigenvalue weighted by Gasteiger charge is 2.19. The fraction of sp³-hybridized carbons (Fsp3) is 0.133. The minimum atomic E-state index is -0.393. The third-order valence-corrected chi connectivity index (χ3v) is 3.01. The third-order valence-electron chi connectivity index (χ3n) is 3.01. The zero-order valence-electron chi connectivity index (χ0n) is 10.7. The molecule has 1 aliphatic heterocycles. The lowest BCUT2D eigenvalue weighted by Crippen LogP contribution is -2.21. The molecule has 1 aliphatic rings. The van der Waals surface area contributed by atoms with Gasteiger partial charge in [-0.2, -0.15) is 0 Å².